The standard InChI is InChI=1S/C11H11BrN2O2S2/c1-8-10(17-11(12)14-8)18(15,16)13-7-9-5-3-2-4-6-9/h2-6,13H,7H2,1H3. The summed E-state index contributed by atoms with van der Waals surface area (Å²) in [6, 6.07) is 9.38. The number of halogens is 1. The molecule has 2 aromatic rings. The summed E-state index contributed by atoms with van der Waals surface area (Å²) in [5, 5.41) is 0. The molecule has 0 amide bonds. The van der Waals surface area contributed by atoms with Gasteiger partial charge in [0.25, 0.3) is 10.0 Å². The van der Waals surface area contributed by atoms with Crippen molar-refractivity contribution in [2.75, 3.05) is 0 Å². The molecule has 0 aliphatic heterocycles. The summed E-state index contributed by atoms with van der Waals surface area (Å²) < 4.78 is 27.5. The molecule has 2 rings (SSSR count). The molecular formula is C11H11BrN2O2S2. The van der Waals surface area contributed by atoms with Crippen LogP contribution in [0.3, 0.4) is 0 Å². The largest absolute Gasteiger partial charge is 0.252 e. The van der Waals surface area contributed by atoms with E-state index < -0.39 is 10.0 Å². The van der Waals surface area contributed by atoms with E-state index >= 15 is 0 Å². The molecule has 0 saturated carbocycles. The van der Waals surface area contributed by atoms with E-state index in [1.807, 2.05) is 30.3 Å². The van der Waals surface area contributed by atoms with E-state index in [2.05, 4.69) is 25.6 Å². The molecule has 96 valence electrons. The third-order valence-corrected chi connectivity index (χ3v) is 5.90. The van der Waals surface area contributed by atoms with E-state index in [1.165, 1.54) is 0 Å². The lowest BCUT2D eigenvalue weighted by atomic mass is 10.2. The zero-order chi connectivity index (χ0) is 13.2. The summed E-state index contributed by atoms with van der Waals surface area (Å²) in [4.78, 5) is 4.05. The molecule has 0 unspecified atom stereocenters. The Bertz CT molecular complexity index is 638. The first-order chi connectivity index (χ1) is 8.49. The van der Waals surface area contributed by atoms with Gasteiger partial charge in [-0.2, -0.15) is 0 Å². The maximum Gasteiger partial charge on any atom is 0.252 e. The van der Waals surface area contributed by atoms with Crippen LogP contribution in [0, 0.1) is 6.92 Å². The summed E-state index contributed by atoms with van der Waals surface area (Å²) in [6.45, 7) is 1.95. The van der Waals surface area contributed by atoms with Crippen molar-refractivity contribution in [1.82, 2.24) is 9.71 Å². The molecule has 1 aromatic carbocycles. The maximum absolute atomic E-state index is 12.1. The van der Waals surface area contributed by atoms with Gasteiger partial charge in [-0.25, -0.2) is 18.1 Å². The zero-order valence-electron chi connectivity index (χ0n) is 9.55. The van der Waals surface area contributed by atoms with E-state index in [-0.39, 0.29) is 10.8 Å². The van der Waals surface area contributed by atoms with Crippen LogP contribution in [-0.4, -0.2) is 13.4 Å². The monoisotopic (exact) mass is 346 g/mol. The summed E-state index contributed by atoms with van der Waals surface area (Å²) in [6.07, 6.45) is 0. The average Bonchev–Trinajstić information content (AvgIpc) is 2.68. The van der Waals surface area contributed by atoms with Gasteiger partial charge in [0.05, 0.1) is 5.69 Å². The molecule has 0 spiro atoms. The van der Waals surface area contributed by atoms with Gasteiger partial charge in [-0.15, -0.1) is 0 Å². The number of thiazole rings is 1. The Morgan fingerprint density at radius 1 is 1.33 bits per heavy atom. The highest BCUT2D eigenvalue weighted by Gasteiger charge is 2.20. The second-order valence-electron chi connectivity index (χ2n) is 3.65. The molecule has 0 aliphatic rings. The number of aryl methyl sites for hydroxylation is 1. The van der Waals surface area contributed by atoms with Crippen molar-refractivity contribution in [3.63, 3.8) is 0 Å². The van der Waals surface area contributed by atoms with E-state index in [9.17, 15) is 8.42 Å². The minimum atomic E-state index is -3.49. The first-order valence-corrected chi connectivity index (χ1v) is 8.25. The molecule has 0 atom stereocenters. The number of hydrogen-bond acceptors (Lipinski definition) is 4. The van der Waals surface area contributed by atoms with Crippen LogP contribution in [-0.2, 0) is 16.6 Å². The van der Waals surface area contributed by atoms with Crippen LogP contribution in [0.1, 0.15) is 11.3 Å². The van der Waals surface area contributed by atoms with Gasteiger partial charge in [0.1, 0.15) is 0 Å². The maximum atomic E-state index is 12.1. The molecule has 0 fully saturated rings. The van der Waals surface area contributed by atoms with Gasteiger partial charge in [0, 0.05) is 6.54 Å². The second kappa shape index (κ2) is 5.48. The Labute approximate surface area is 118 Å². The first kappa shape index (κ1) is 13.7. The van der Waals surface area contributed by atoms with E-state index in [4.69, 9.17) is 0 Å². The Hall–Kier alpha value is -0.760. The smallest absolute Gasteiger partial charge is 0.233 e. The molecular weight excluding hydrogens is 336 g/mol. The van der Waals surface area contributed by atoms with Crippen molar-refractivity contribution in [2.45, 2.75) is 17.7 Å². The Morgan fingerprint density at radius 3 is 2.56 bits per heavy atom. The average molecular weight is 347 g/mol. The summed E-state index contributed by atoms with van der Waals surface area (Å²) >= 11 is 4.30. The van der Waals surface area contributed by atoms with Crippen LogP contribution in [0.5, 0.6) is 0 Å². The quantitative estimate of drug-likeness (QED) is 0.925. The summed E-state index contributed by atoms with van der Waals surface area (Å²) in [5.74, 6) is 0. The molecule has 1 heterocycles. The second-order valence-corrected chi connectivity index (χ2v) is 7.89. The number of nitrogens with zero attached hydrogens (tertiary/aromatic N) is 1. The van der Waals surface area contributed by atoms with Gasteiger partial charge in [0.15, 0.2) is 8.13 Å². The van der Waals surface area contributed by atoms with Gasteiger partial charge in [-0.05, 0) is 28.4 Å². The Balaban J connectivity index is 2.16. The molecule has 1 N–H and O–H groups in total. The van der Waals surface area contributed by atoms with E-state index in [0.29, 0.717) is 9.61 Å². The number of rotatable bonds is 4. The van der Waals surface area contributed by atoms with Crippen molar-refractivity contribution < 1.29 is 8.42 Å². The third kappa shape index (κ3) is 3.17. The number of aromatic nitrogens is 1. The number of hydrogen-bond donors (Lipinski definition) is 1. The Kier molecular flexibility index (Phi) is 4.16. The minimum Gasteiger partial charge on any atom is -0.233 e. The zero-order valence-corrected chi connectivity index (χ0v) is 12.8. The fraction of sp³-hybridized carbons (Fsp3) is 0.182. The predicted molar refractivity (Wildman–Crippen MR) is 75.0 cm³/mol. The molecule has 1 aromatic heterocycles. The summed E-state index contributed by atoms with van der Waals surface area (Å²) in [5.41, 5.74) is 1.43. The van der Waals surface area contributed by atoms with Gasteiger partial charge in [-0.3, -0.25) is 0 Å². The van der Waals surface area contributed by atoms with Gasteiger partial charge >= 0.3 is 0 Å². The number of sulfonamides is 1. The lowest BCUT2D eigenvalue weighted by molar-refractivity contribution is 0.582. The van der Waals surface area contributed by atoms with Crippen molar-refractivity contribution in [3.05, 3.63) is 45.5 Å². The fourth-order valence-electron chi connectivity index (χ4n) is 1.44. The predicted octanol–water partition coefficient (Wildman–Crippen LogP) is 2.69. The molecule has 0 bridgehead atoms. The normalized spacial score (nSPS) is 11.7. The number of benzene rings is 1. The van der Waals surface area contributed by atoms with Crippen LogP contribution in [0.2, 0.25) is 0 Å². The van der Waals surface area contributed by atoms with Crippen LogP contribution in [0.15, 0.2) is 38.5 Å². The van der Waals surface area contributed by atoms with Crippen LogP contribution >= 0.6 is 27.3 Å². The topological polar surface area (TPSA) is 59.1 Å². The minimum absolute atomic E-state index is 0.255. The van der Waals surface area contributed by atoms with E-state index in [0.717, 1.165) is 16.9 Å². The lowest BCUT2D eigenvalue weighted by Crippen LogP contribution is -2.23. The molecule has 0 aliphatic carbocycles. The van der Waals surface area contributed by atoms with Crippen molar-refractivity contribution in [1.29, 1.82) is 0 Å². The highest BCUT2D eigenvalue weighted by atomic mass is 79.9. The van der Waals surface area contributed by atoms with Crippen molar-refractivity contribution in [3.8, 4) is 0 Å². The van der Waals surface area contributed by atoms with Crippen LogP contribution < -0.4 is 4.72 Å². The molecule has 4 nitrogen and oxygen atoms in total. The van der Waals surface area contributed by atoms with Gasteiger partial charge < -0.3 is 0 Å². The van der Waals surface area contributed by atoms with Crippen LogP contribution in [0.25, 0.3) is 0 Å². The SMILES string of the molecule is Cc1nc(Br)sc1S(=O)(=O)NCc1ccccc1. The molecule has 18 heavy (non-hydrogen) atoms. The first-order valence-electron chi connectivity index (χ1n) is 5.15. The number of nitrogens with one attached hydrogen (secondary N) is 1. The molecule has 7 heteroatoms. The van der Waals surface area contributed by atoms with Gasteiger partial charge in [0.2, 0.25) is 0 Å². The van der Waals surface area contributed by atoms with Crippen molar-refractivity contribution >= 4 is 37.3 Å². The van der Waals surface area contributed by atoms with Crippen molar-refractivity contribution in [2.24, 2.45) is 0 Å². The fourth-order valence-corrected chi connectivity index (χ4v) is 4.82. The molecule has 0 saturated heterocycles. The highest BCUT2D eigenvalue weighted by Crippen LogP contribution is 2.26. The molecule has 0 radical (unpaired) electrons. The van der Waals surface area contributed by atoms with Gasteiger partial charge in [-0.1, -0.05) is 41.7 Å². The van der Waals surface area contributed by atoms with Crippen LogP contribution in [0.4, 0.5) is 0 Å². The lowest BCUT2D eigenvalue weighted by Gasteiger charge is -2.05. The highest BCUT2D eigenvalue weighted by molar-refractivity contribution is 9.11. The van der Waals surface area contributed by atoms with E-state index in [1.54, 1.807) is 6.92 Å². The third-order valence-electron chi connectivity index (χ3n) is 2.28. The summed E-state index contributed by atoms with van der Waals surface area (Å²) in [7, 11) is -3.49. The Morgan fingerprint density at radius 2 is 2.00 bits per heavy atom.